The zero-order valence-corrected chi connectivity index (χ0v) is 18.3. The zero-order valence-electron chi connectivity index (χ0n) is 17.4. The third kappa shape index (κ3) is 6.44. The van der Waals surface area contributed by atoms with Crippen molar-refractivity contribution in [3.05, 3.63) is 24.0 Å². The summed E-state index contributed by atoms with van der Waals surface area (Å²) in [5.74, 6) is -1.98. The summed E-state index contributed by atoms with van der Waals surface area (Å²) in [5, 5.41) is 3.52. The van der Waals surface area contributed by atoms with Crippen molar-refractivity contribution in [2.24, 2.45) is 0 Å². The van der Waals surface area contributed by atoms with Crippen LogP contribution >= 0.6 is 12.2 Å². The lowest BCUT2D eigenvalue weighted by molar-refractivity contribution is -0.132. The summed E-state index contributed by atoms with van der Waals surface area (Å²) in [5.41, 5.74) is 0.607. The molecule has 1 heterocycles. The molecule has 1 N–H and O–H groups in total. The van der Waals surface area contributed by atoms with Crippen LogP contribution in [0, 0.1) is 5.82 Å². The van der Waals surface area contributed by atoms with E-state index < -0.39 is 30.3 Å². The molecule has 1 aromatic carbocycles. The number of benzene rings is 1. The Hall–Kier alpha value is -2.60. The van der Waals surface area contributed by atoms with Crippen molar-refractivity contribution >= 4 is 40.6 Å². The van der Waals surface area contributed by atoms with E-state index in [9.17, 15) is 22.8 Å². The molecule has 1 saturated heterocycles. The van der Waals surface area contributed by atoms with Gasteiger partial charge in [-0.15, -0.1) is 0 Å². The van der Waals surface area contributed by atoms with Crippen molar-refractivity contribution in [3.8, 4) is 0 Å². The number of ether oxygens (including phenoxy) is 1. The summed E-state index contributed by atoms with van der Waals surface area (Å²) < 4.78 is 44.4. The Labute approximate surface area is 183 Å². The molecule has 8 nitrogen and oxygen atoms in total. The topological polar surface area (TPSA) is 74.3 Å². The lowest BCUT2D eigenvalue weighted by atomic mass is 10.2. The third-order valence-corrected chi connectivity index (χ3v) is 4.89. The van der Waals surface area contributed by atoms with Gasteiger partial charge in [0.15, 0.2) is 0 Å². The van der Waals surface area contributed by atoms with E-state index in [1.165, 1.54) is 23.1 Å². The van der Waals surface area contributed by atoms with Crippen LogP contribution in [0.2, 0.25) is 0 Å². The van der Waals surface area contributed by atoms with Gasteiger partial charge in [0.05, 0.1) is 38.1 Å². The van der Waals surface area contributed by atoms with Gasteiger partial charge in [0.1, 0.15) is 16.9 Å². The number of rotatable bonds is 10. The minimum Gasteiger partial charge on any atom is -0.442 e. The highest BCUT2D eigenvalue weighted by molar-refractivity contribution is 7.80. The molecule has 0 saturated carbocycles. The maximum Gasteiger partial charge on any atom is 0.414 e. The molecule has 0 unspecified atom stereocenters. The molecule has 12 heteroatoms. The van der Waals surface area contributed by atoms with Gasteiger partial charge in [-0.3, -0.25) is 14.5 Å². The van der Waals surface area contributed by atoms with Crippen molar-refractivity contribution < 1.29 is 32.3 Å². The predicted octanol–water partition coefficient (Wildman–Crippen LogP) is 2.57. The Morgan fingerprint density at radius 2 is 2.13 bits per heavy atom. The highest BCUT2D eigenvalue weighted by Gasteiger charge is 2.33. The summed E-state index contributed by atoms with van der Waals surface area (Å²) in [7, 11) is 1.50. The number of likely N-dealkylation sites (N-methyl/N-ethyl adjacent to an activating group) is 1. The summed E-state index contributed by atoms with van der Waals surface area (Å²) in [6.07, 6.45) is -4.72. The monoisotopic (exact) mass is 462 g/mol. The number of thiocarbonyl (C=S) groups is 1. The molecule has 2 amide bonds. The molecule has 0 spiro atoms. The van der Waals surface area contributed by atoms with Crippen LogP contribution < -0.4 is 15.1 Å². The van der Waals surface area contributed by atoms with E-state index in [1.54, 1.807) is 24.0 Å². The van der Waals surface area contributed by atoms with Gasteiger partial charge in [-0.25, -0.2) is 14.2 Å². The minimum atomic E-state index is -3.15. The molecule has 172 valence electrons. The Bertz CT molecular complexity index is 814. The van der Waals surface area contributed by atoms with Crippen LogP contribution in [0.15, 0.2) is 18.2 Å². The molecule has 0 aliphatic carbocycles. The molecule has 31 heavy (non-hydrogen) atoms. The molecular weight excluding hydrogens is 437 g/mol. The summed E-state index contributed by atoms with van der Waals surface area (Å²) >= 11 is 5.09. The molecule has 0 bridgehead atoms. The highest BCUT2D eigenvalue weighted by Crippen LogP contribution is 2.28. The third-order valence-electron chi connectivity index (χ3n) is 4.69. The van der Waals surface area contributed by atoms with E-state index in [0.717, 1.165) is 0 Å². The van der Waals surface area contributed by atoms with Gasteiger partial charge in [0.25, 0.3) is 5.91 Å². The Morgan fingerprint density at radius 1 is 1.42 bits per heavy atom. The van der Waals surface area contributed by atoms with Crippen molar-refractivity contribution in [1.82, 2.24) is 10.4 Å². The van der Waals surface area contributed by atoms with Crippen molar-refractivity contribution in [1.29, 1.82) is 0 Å². The first-order chi connectivity index (χ1) is 14.7. The van der Waals surface area contributed by atoms with E-state index in [4.69, 9.17) is 21.8 Å². The van der Waals surface area contributed by atoms with Crippen LogP contribution in [0.3, 0.4) is 0 Å². The van der Waals surface area contributed by atoms with Gasteiger partial charge in [-0.1, -0.05) is 12.2 Å². The fourth-order valence-electron chi connectivity index (χ4n) is 3.09. The number of alkyl halides is 2. The van der Waals surface area contributed by atoms with Gasteiger partial charge in [0.2, 0.25) is 0 Å². The van der Waals surface area contributed by atoms with Crippen LogP contribution in [0.1, 0.15) is 13.8 Å². The fraction of sp³-hybridized carbons (Fsp3) is 0.526. The number of hydrogen-bond acceptors (Lipinski definition) is 6. The van der Waals surface area contributed by atoms with E-state index in [-0.39, 0.29) is 18.8 Å². The smallest absolute Gasteiger partial charge is 0.414 e. The molecule has 1 atom stereocenters. The van der Waals surface area contributed by atoms with Crippen LogP contribution in [0.5, 0.6) is 0 Å². The number of hydroxylamine groups is 2. The van der Waals surface area contributed by atoms with Crippen LogP contribution in [-0.4, -0.2) is 74.4 Å². The zero-order chi connectivity index (χ0) is 23.1. The number of carbonyl (C=O) groups is 2. The summed E-state index contributed by atoms with van der Waals surface area (Å²) in [6.45, 7) is 4.76. The van der Waals surface area contributed by atoms with Crippen molar-refractivity contribution in [3.63, 3.8) is 0 Å². The first kappa shape index (κ1) is 24.7. The molecule has 0 radical (unpaired) electrons. The van der Waals surface area contributed by atoms with Crippen molar-refractivity contribution in [2.75, 3.05) is 49.6 Å². The number of carbonyl (C=O) groups excluding carboxylic acids is 2. The normalized spacial score (nSPS) is 15.8. The standard InChI is InChI=1S/C19H25F3N4O4S/c1-4-24(7-8-26(29-3)12(2)31)16-6-5-13(9-15(16)20)25-11-14(30-19(25)28)10-23-18(27)17(21)22/h5-6,9,14,17H,4,7-8,10-11H2,1-3H3,(H,23,27)/t14-/m0/s1. The van der Waals surface area contributed by atoms with Crippen LogP contribution in [0.25, 0.3) is 0 Å². The lowest BCUT2D eigenvalue weighted by Crippen LogP contribution is -2.37. The first-order valence-electron chi connectivity index (χ1n) is 9.58. The quantitative estimate of drug-likeness (QED) is 0.423. The lowest BCUT2D eigenvalue weighted by Gasteiger charge is -2.28. The molecule has 1 aliphatic heterocycles. The second-order valence-corrected chi connectivity index (χ2v) is 7.27. The van der Waals surface area contributed by atoms with Crippen LogP contribution in [0.4, 0.5) is 29.3 Å². The first-order valence-corrected chi connectivity index (χ1v) is 9.99. The Kier molecular flexibility index (Phi) is 8.87. The fourth-order valence-corrected chi connectivity index (χ4v) is 3.25. The number of anilines is 2. The summed E-state index contributed by atoms with van der Waals surface area (Å²) in [4.78, 5) is 31.8. The average molecular weight is 462 g/mol. The average Bonchev–Trinajstić information content (AvgIpc) is 3.10. The maximum absolute atomic E-state index is 14.8. The van der Waals surface area contributed by atoms with E-state index in [2.05, 4.69) is 0 Å². The van der Waals surface area contributed by atoms with Gasteiger partial charge in [-0.05, 0) is 32.0 Å². The van der Waals surface area contributed by atoms with E-state index >= 15 is 0 Å². The maximum atomic E-state index is 14.8. The molecule has 1 aromatic rings. The van der Waals surface area contributed by atoms with Gasteiger partial charge >= 0.3 is 12.5 Å². The number of nitrogens with zero attached hydrogens (tertiary/aromatic N) is 3. The van der Waals surface area contributed by atoms with Gasteiger partial charge in [0, 0.05) is 13.1 Å². The molecule has 0 aromatic heterocycles. The summed E-state index contributed by atoms with van der Waals surface area (Å²) in [6, 6.07) is 4.33. The second kappa shape index (κ2) is 11.1. The van der Waals surface area contributed by atoms with Gasteiger partial charge in [-0.2, -0.15) is 8.78 Å². The molecular formula is C19H25F3N4O4S. The number of cyclic esters (lactones) is 1. The van der Waals surface area contributed by atoms with Crippen molar-refractivity contribution in [2.45, 2.75) is 26.4 Å². The van der Waals surface area contributed by atoms with E-state index in [0.29, 0.717) is 30.3 Å². The Balaban J connectivity index is 2.04. The second-order valence-electron chi connectivity index (χ2n) is 6.68. The minimum absolute atomic E-state index is 0.00459. The number of nitrogens with one attached hydrogen (secondary N) is 1. The highest BCUT2D eigenvalue weighted by atomic mass is 32.1. The Morgan fingerprint density at radius 3 is 2.68 bits per heavy atom. The van der Waals surface area contributed by atoms with E-state index in [1.807, 2.05) is 12.2 Å². The largest absolute Gasteiger partial charge is 0.442 e. The van der Waals surface area contributed by atoms with Gasteiger partial charge < -0.3 is 15.0 Å². The SMILES string of the molecule is CCN(CCN(OC)C(C)=S)c1ccc(N2C[C@H](CNC(=O)C(F)F)OC2=O)cc1F. The number of halogens is 3. The molecule has 1 fully saturated rings. The molecule has 2 rings (SSSR count). The van der Waals surface area contributed by atoms with Crippen LogP contribution in [-0.2, 0) is 14.4 Å². The number of hydrogen-bond donors (Lipinski definition) is 1. The number of amides is 2. The predicted molar refractivity (Wildman–Crippen MR) is 113 cm³/mol. The molecule has 1 aliphatic rings.